The lowest BCUT2D eigenvalue weighted by molar-refractivity contribution is -0.134. The SMILES string of the molecule is COCCN(C1CCS(=O)(=O)C1)S(=O)(=O)CC(=O)O. The topological polar surface area (TPSA) is 118 Å². The van der Waals surface area contributed by atoms with E-state index < -0.39 is 37.6 Å². The number of hydrogen-bond donors (Lipinski definition) is 1. The van der Waals surface area contributed by atoms with E-state index >= 15 is 0 Å². The van der Waals surface area contributed by atoms with Gasteiger partial charge in [0.25, 0.3) is 0 Å². The number of hydrogen-bond acceptors (Lipinski definition) is 6. The Labute approximate surface area is 112 Å². The van der Waals surface area contributed by atoms with E-state index in [9.17, 15) is 21.6 Å². The van der Waals surface area contributed by atoms with Gasteiger partial charge >= 0.3 is 5.97 Å². The summed E-state index contributed by atoms with van der Waals surface area (Å²) in [5, 5.41) is 8.61. The highest BCUT2D eigenvalue weighted by Crippen LogP contribution is 2.20. The largest absolute Gasteiger partial charge is 0.480 e. The zero-order chi connectivity index (χ0) is 14.7. The molecule has 112 valence electrons. The summed E-state index contributed by atoms with van der Waals surface area (Å²) in [5.74, 6) is -2.87. The van der Waals surface area contributed by atoms with Gasteiger partial charge in [-0.2, -0.15) is 4.31 Å². The molecule has 8 nitrogen and oxygen atoms in total. The second kappa shape index (κ2) is 6.16. The third-order valence-electron chi connectivity index (χ3n) is 2.79. The highest BCUT2D eigenvalue weighted by atomic mass is 32.2. The van der Waals surface area contributed by atoms with E-state index in [0.29, 0.717) is 0 Å². The van der Waals surface area contributed by atoms with Crippen LogP contribution in [0.1, 0.15) is 6.42 Å². The molecule has 1 heterocycles. The summed E-state index contributed by atoms with van der Waals surface area (Å²) < 4.78 is 52.4. The molecule has 1 atom stereocenters. The van der Waals surface area contributed by atoms with Crippen molar-refractivity contribution in [1.29, 1.82) is 0 Å². The Morgan fingerprint density at radius 2 is 2.11 bits per heavy atom. The Balaban J connectivity index is 2.92. The van der Waals surface area contributed by atoms with E-state index in [1.165, 1.54) is 7.11 Å². The minimum Gasteiger partial charge on any atom is -0.480 e. The minimum atomic E-state index is -4.04. The standard InChI is InChI=1S/C9H17NO7S2/c1-17-4-3-10(19(15,16)7-9(11)12)8-2-5-18(13,14)6-8/h8H,2-7H2,1H3,(H,11,12). The molecular formula is C9H17NO7S2. The second-order valence-electron chi connectivity index (χ2n) is 4.31. The molecule has 1 rings (SSSR count). The summed E-state index contributed by atoms with van der Waals surface area (Å²) in [7, 11) is -5.90. The molecule has 0 bridgehead atoms. The fourth-order valence-electron chi connectivity index (χ4n) is 1.97. The average molecular weight is 315 g/mol. The number of rotatable bonds is 7. The molecule has 1 aliphatic rings. The van der Waals surface area contributed by atoms with Gasteiger partial charge in [-0.15, -0.1) is 0 Å². The van der Waals surface area contributed by atoms with Crippen molar-refractivity contribution in [2.75, 3.05) is 37.5 Å². The van der Waals surface area contributed by atoms with Gasteiger partial charge in [0.1, 0.15) is 0 Å². The van der Waals surface area contributed by atoms with Crippen LogP contribution in [0.3, 0.4) is 0 Å². The number of carboxylic acids is 1. The lowest BCUT2D eigenvalue weighted by Crippen LogP contribution is -2.45. The van der Waals surface area contributed by atoms with Crippen molar-refractivity contribution < 1.29 is 31.5 Å². The Hall–Kier alpha value is -0.710. The first-order valence-corrected chi connectivity index (χ1v) is 9.01. The lowest BCUT2D eigenvalue weighted by Gasteiger charge is -2.26. The molecular weight excluding hydrogens is 298 g/mol. The molecule has 0 aliphatic carbocycles. The Morgan fingerprint density at radius 1 is 1.47 bits per heavy atom. The summed E-state index contributed by atoms with van der Waals surface area (Å²) in [6.45, 7) is 0.0295. The Kier molecular flexibility index (Phi) is 5.30. The zero-order valence-corrected chi connectivity index (χ0v) is 12.1. The van der Waals surface area contributed by atoms with Crippen LogP contribution < -0.4 is 0 Å². The van der Waals surface area contributed by atoms with Gasteiger partial charge in [0, 0.05) is 19.7 Å². The maximum atomic E-state index is 11.9. The number of ether oxygens (including phenoxy) is 1. The molecule has 0 saturated carbocycles. The number of carboxylic acid groups (broad SMARTS) is 1. The molecule has 1 saturated heterocycles. The number of carbonyl (C=O) groups is 1. The lowest BCUT2D eigenvalue weighted by atomic mass is 10.3. The first-order valence-electron chi connectivity index (χ1n) is 5.58. The molecule has 1 N–H and O–H groups in total. The van der Waals surface area contributed by atoms with Gasteiger partial charge < -0.3 is 9.84 Å². The summed E-state index contributed by atoms with van der Waals surface area (Å²) >= 11 is 0. The normalized spacial score (nSPS) is 22.7. The summed E-state index contributed by atoms with van der Waals surface area (Å²) in [5.41, 5.74) is 0. The first-order chi connectivity index (χ1) is 8.68. The van der Waals surface area contributed by atoms with Crippen LogP contribution in [-0.2, 0) is 29.4 Å². The molecule has 10 heteroatoms. The smallest absolute Gasteiger partial charge is 0.320 e. The van der Waals surface area contributed by atoms with Crippen molar-refractivity contribution in [1.82, 2.24) is 4.31 Å². The van der Waals surface area contributed by atoms with E-state index in [-0.39, 0.29) is 31.1 Å². The van der Waals surface area contributed by atoms with Crippen LogP contribution in [0.2, 0.25) is 0 Å². The summed E-state index contributed by atoms with van der Waals surface area (Å²) in [6, 6.07) is -0.704. The maximum Gasteiger partial charge on any atom is 0.320 e. The molecule has 0 radical (unpaired) electrons. The number of sulfone groups is 1. The van der Waals surface area contributed by atoms with Crippen molar-refractivity contribution in [3.05, 3.63) is 0 Å². The van der Waals surface area contributed by atoms with Crippen LogP contribution in [0.5, 0.6) is 0 Å². The fraction of sp³-hybridized carbons (Fsp3) is 0.889. The molecule has 0 aromatic heterocycles. The van der Waals surface area contributed by atoms with E-state index in [1.54, 1.807) is 0 Å². The van der Waals surface area contributed by atoms with Crippen molar-refractivity contribution >= 4 is 25.8 Å². The molecule has 0 amide bonds. The van der Waals surface area contributed by atoms with Gasteiger partial charge in [0.05, 0.1) is 18.1 Å². The molecule has 19 heavy (non-hydrogen) atoms. The summed E-state index contributed by atoms with van der Waals surface area (Å²) in [6.07, 6.45) is 0.185. The third kappa shape index (κ3) is 4.71. The minimum absolute atomic E-state index is 0.0493. The van der Waals surface area contributed by atoms with Crippen LogP contribution in [0, 0.1) is 0 Å². The quantitative estimate of drug-likeness (QED) is 0.609. The highest BCUT2D eigenvalue weighted by molar-refractivity contribution is 7.92. The number of methoxy groups -OCH3 is 1. The number of aliphatic carboxylic acids is 1. The predicted octanol–water partition coefficient (Wildman–Crippen LogP) is -1.46. The maximum absolute atomic E-state index is 11.9. The number of sulfonamides is 1. The van der Waals surface area contributed by atoms with E-state index in [0.717, 1.165) is 4.31 Å². The van der Waals surface area contributed by atoms with Crippen LogP contribution in [0.4, 0.5) is 0 Å². The highest BCUT2D eigenvalue weighted by Gasteiger charge is 2.38. The fourth-order valence-corrected chi connectivity index (χ4v) is 5.26. The summed E-state index contributed by atoms with van der Waals surface area (Å²) in [4.78, 5) is 10.6. The molecule has 0 aromatic rings. The van der Waals surface area contributed by atoms with Gasteiger partial charge in [-0.1, -0.05) is 0 Å². The number of nitrogens with zero attached hydrogens (tertiary/aromatic N) is 1. The van der Waals surface area contributed by atoms with Crippen molar-refractivity contribution in [3.63, 3.8) is 0 Å². The van der Waals surface area contributed by atoms with E-state index in [4.69, 9.17) is 9.84 Å². The molecule has 1 aliphatic heterocycles. The van der Waals surface area contributed by atoms with Gasteiger partial charge in [0.2, 0.25) is 10.0 Å². The van der Waals surface area contributed by atoms with Crippen molar-refractivity contribution in [2.45, 2.75) is 12.5 Å². The van der Waals surface area contributed by atoms with Gasteiger partial charge in [-0.3, -0.25) is 4.79 Å². The van der Waals surface area contributed by atoms with Crippen LogP contribution in [0.25, 0.3) is 0 Å². The molecule has 1 unspecified atom stereocenters. The van der Waals surface area contributed by atoms with Crippen molar-refractivity contribution in [3.8, 4) is 0 Å². The second-order valence-corrected chi connectivity index (χ2v) is 8.46. The zero-order valence-electron chi connectivity index (χ0n) is 10.5. The van der Waals surface area contributed by atoms with Crippen LogP contribution in [-0.4, -0.2) is 75.8 Å². The first kappa shape index (κ1) is 16.3. The Morgan fingerprint density at radius 3 is 2.53 bits per heavy atom. The van der Waals surface area contributed by atoms with Crippen LogP contribution in [0.15, 0.2) is 0 Å². The van der Waals surface area contributed by atoms with Crippen LogP contribution >= 0.6 is 0 Å². The van der Waals surface area contributed by atoms with Gasteiger partial charge in [-0.05, 0) is 6.42 Å². The average Bonchev–Trinajstić information content (AvgIpc) is 2.57. The molecule has 0 spiro atoms. The van der Waals surface area contributed by atoms with Gasteiger partial charge in [-0.25, -0.2) is 16.8 Å². The molecule has 1 fully saturated rings. The third-order valence-corrected chi connectivity index (χ3v) is 6.35. The molecule has 0 aromatic carbocycles. The predicted molar refractivity (Wildman–Crippen MR) is 67.1 cm³/mol. The van der Waals surface area contributed by atoms with E-state index in [2.05, 4.69) is 0 Å². The van der Waals surface area contributed by atoms with Crippen molar-refractivity contribution in [2.24, 2.45) is 0 Å². The monoisotopic (exact) mass is 315 g/mol. The van der Waals surface area contributed by atoms with Gasteiger partial charge in [0.15, 0.2) is 15.6 Å². The Bertz CT molecular complexity index is 525. The van der Waals surface area contributed by atoms with E-state index in [1.807, 2.05) is 0 Å².